The van der Waals surface area contributed by atoms with Gasteiger partial charge in [0.15, 0.2) is 5.11 Å². The van der Waals surface area contributed by atoms with Crippen molar-refractivity contribution in [2.75, 3.05) is 23.0 Å². The summed E-state index contributed by atoms with van der Waals surface area (Å²) in [7, 11) is -2.13. The highest BCUT2D eigenvalue weighted by molar-refractivity contribution is 7.92. The lowest BCUT2D eigenvalue weighted by Gasteiger charge is -2.29. The van der Waals surface area contributed by atoms with Gasteiger partial charge in [-0.1, -0.05) is 6.07 Å². The van der Waals surface area contributed by atoms with E-state index in [2.05, 4.69) is 15.0 Å². The first-order valence-electron chi connectivity index (χ1n) is 11.7. The zero-order valence-corrected chi connectivity index (χ0v) is 22.5. The molecule has 2 N–H and O–H groups in total. The quantitative estimate of drug-likeness (QED) is 0.182. The van der Waals surface area contributed by atoms with Crippen molar-refractivity contribution >= 4 is 44.4 Å². The van der Waals surface area contributed by atoms with Crippen LogP contribution < -0.4 is 19.7 Å². The Hall–Kier alpha value is -4.49. The molecule has 4 aromatic rings. The Balaban J connectivity index is 1.65. The van der Waals surface area contributed by atoms with E-state index >= 15 is 0 Å². The number of thiocarbonyl (C=S) groups is 1. The SMILES string of the molecule is COc1ccc(N2C(=S)N[C@H](c3ccccn3)[C@H]2c2cccn2-c2ccc([N+](=O)[O-])cc2)cc1NS(C)(=O)=O. The van der Waals surface area contributed by atoms with E-state index in [1.54, 1.807) is 36.5 Å². The van der Waals surface area contributed by atoms with Gasteiger partial charge in [-0.2, -0.15) is 0 Å². The number of anilines is 2. The van der Waals surface area contributed by atoms with Crippen molar-refractivity contribution in [1.82, 2.24) is 14.9 Å². The first-order chi connectivity index (χ1) is 18.7. The van der Waals surface area contributed by atoms with Gasteiger partial charge < -0.3 is 19.5 Å². The molecule has 3 heterocycles. The summed E-state index contributed by atoms with van der Waals surface area (Å²) in [6, 6.07) is 20.1. The Bertz CT molecular complexity index is 1640. The Kier molecular flexibility index (Phi) is 6.93. The van der Waals surface area contributed by atoms with Gasteiger partial charge in [-0.25, -0.2) is 8.42 Å². The van der Waals surface area contributed by atoms with Gasteiger partial charge >= 0.3 is 0 Å². The maximum absolute atomic E-state index is 12.0. The number of nitro benzene ring substituents is 1. The maximum atomic E-state index is 12.0. The van der Waals surface area contributed by atoms with Crippen LogP contribution in [0.3, 0.4) is 0 Å². The van der Waals surface area contributed by atoms with Crippen molar-refractivity contribution in [3.05, 3.63) is 107 Å². The van der Waals surface area contributed by atoms with Gasteiger partial charge in [-0.15, -0.1) is 0 Å². The second kappa shape index (κ2) is 10.3. The predicted octanol–water partition coefficient (Wildman–Crippen LogP) is 4.34. The number of rotatable bonds is 8. The molecule has 13 heteroatoms. The molecule has 11 nitrogen and oxygen atoms in total. The molecule has 39 heavy (non-hydrogen) atoms. The fraction of sp³-hybridized carbons (Fsp3) is 0.154. The summed E-state index contributed by atoms with van der Waals surface area (Å²) in [6.45, 7) is 0. The first-order valence-corrected chi connectivity index (χ1v) is 14.0. The van der Waals surface area contributed by atoms with Crippen LogP contribution in [-0.4, -0.2) is 41.4 Å². The summed E-state index contributed by atoms with van der Waals surface area (Å²) < 4.78 is 33.9. The molecule has 2 aromatic carbocycles. The minimum absolute atomic E-state index is 0.00621. The molecule has 0 aliphatic carbocycles. The molecular weight excluding hydrogens is 540 g/mol. The number of pyridine rings is 1. The molecule has 200 valence electrons. The molecule has 0 unspecified atom stereocenters. The highest BCUT2D eigenvalue weighted by atomic mass is 32.2. The third kappa shape index (κ3) is 5.26. The number of nitrogens with zero attached hydrogens (tertiary/aromatic N) is 4. The van der Waals surface area contributed by atoms with E-state index in [0.717, 1.165) is 23.3 Å². The van der Waals surface area contributed by atoms with Crippen molar-refractivity contribution < 1.29 is 18.1 Å². The summed E-state index contributed by atoms with van der Waals surface area (Å²) in [5, 5.41) is 15.0. The molecule has 1 fully saturated rings. The lowest BCUT2D eigenvalue weighted by Crippen LogP contribution is -2.30. The molecular formula is C26H24N6O5S2. The predicted molar refractivity (Wildman–Crippen MR) is 152 cm³/mol. The van der Waals surface area contributed by atoms with Crippen LogP contribution in [0.4, 0.5) is 17.1 Å². The monoisotopic (exact) mass is 564 g/mol. The number of sulfonamides is 1. The third-order valence-electron chi connectivity index (χ3n) is 6.28. The van der Waals surface area contributed by atoms with Gasteiger partial charge in [-0.05, 0) is 66.8 Å². The Morgan fingerprint density at radius 1 is 1.08 bits per heavy atom. The van der Waals surface area contributed by atoms with Crippen molar-refractivity contribution in [1.29, 1.82) is 0 Å². The number of nitrogens with one attached hydrogen (secondary N) is 2. The van der Waals surface area contributed by atoms with E-state index in [-0.39, 0.29) is 17.4 Å². The Morgan fingerprint density at radius 3 is 2.46 bits per heavy atom. The highest BCUT2D eigenvalue weighted by Crippen LogP contribution is 2.44. The first kappa shape index (κ1) is 26.1. The second-order valence-corrected chi connectivity index (χ2v) is 11.0. The topological polar surface area (TPSA) is 132 Å². The maximum Gasteiger partial charge on any atom is 0.269 e. The summed E-state index contributed by atoms with van der Waals surface area (Å²) in [5.41, 5.74) is 3.21. The normalized spacial score (nSPS) is 17.1. The fourth-order valence-corrected chi connectivity index (χ4v) is 5.57. The standard InChI is InChI=1S/C26H24N6O5S2/c1-37-23-13-12-19(16-21(23)29-39(2,35)36)31-25(24(28-26(31)38)20-6-3-4-14-27-20)22-7-5-15-30(22)17-8-10-18(11-9-17)32(33)34/h3-16,24-25,29H,1-2H3,(H,28,38)/t24-,25-/m1/s1. The zero-order valence-electron chi connectivity index (χ0n) is 20.9. The number of methoxy groups -OCH3 is 1. The van der Waals surface area contributed by atoms with Gasteiger partial charge in [-0.3, -0.25) is 19.8 Å². The van der Waals surface area contributed by atoms with Crippen molar-refractivity contribution in [2.45, 2.75) is 12.1 Å². The molecule has 0 bridgehead atoms. The molecule has 0 spiro atoms. The molecule has 2 atom stereocenters. The van der Waals surface area contributed by atoms with Crippen molar-refractivity contribution in [3.8, 4) is 11.4 Å². The summed E-state index contributed by atoms with van der Waals surface area (Å²) in [5.74, 6) is 0.356. The van der Waals surface area contributed by atoms with Crippen LogP contribution in [0, 0.1) is 10.1 Å². The van der Waals surface area contributed by atoms with Gasteiger partial charge in [0.25, 0.3) is 5.69 Å². The number of benzene rings is 2. The smallest absolute Gasteiger partial charge is 0.269 e. The largest absolute Gasteiger partial charge is 0.495 e. The van der Waals surface area contributed by atoms with E-state index in [1.807, 2.05) is 46.0 Å². The minimum atomic E-state index is -3.59. The number of hydrogen-bond acceptors (Lipinski definition) is 7. The zero-order chi connectivity index (χ0) is 27.7. The van der Waals surface area contributed by atoms with Crippen LogP contribution in [0.15, 0.2) is 85.2 Å². The van der Waals surface area contributed by atoms with Gasteiger partial charge in [0.1, 0.15) is 11.8 Å². The Labute approximate surface area is 230 Å². The van der Waals surface area contributed by atoms with E-state index in [4.69, 9.17) is 17.0 Å². The van der Waals surface area contributed by atoms with E-state index in [0.29, 0.717) is 16.5 Å². The lowest BCUT2D eigenvalue weighted by molar-refractivity contribution is -0.384. The van der Waals surface area contributed by atoms with Crippen LogP contribution in [-0.2, 0) is 10.0 Å². The van der Waals surface area contributed by atoms with Gasteiger partial charge in [0, 0.05) is 41.6 Å². The third-order valence-corrected chi connectivity index (χ3v) is 7.18. The van der Waals surface area contributed by atoms with Crippen molar-refractivity contribution in [3.63, 3.8) is 0 Å². The molecule has 1 aliphatic heterocycles. The Morgan fingerprint density at radius 2 is 1.82 bits per heavy atom. The van der Waals surface area contributed by atoms with Gasteiger partial charge in [0.05, 0.1) is 35.7 Å². The number of ether oxygens (including phenoxy) is 1. The molecule has 0 amide bonds. The van der Waals surface area contributed by atoms with E-state index < -0.39 is 21.0 Å². The van der Waals surface area contributed by atoms with Crippen LogP contribution >= 0.6 is 12.2 Å². The van der Waals surface area contributed by atoms with Crippen molar-refractivity contribution in [2.24, 2.45) is 0 Å². The summed E-state index contributed by atoms with van der Waals surface area (Å²) in [6.07, 6.45) is 4.64. The number of non-ortho nitro benzene ring substituents is 1. The summed E-state index contributed by atoms with van der Waals surface area (Å²) >= 11 is 5.80. The van der Waals surface area contributed by atoms with Gasteiger partial charge in [0.2, 0.25) is 10.0 Å². The van der Waals surface area contributed by atoms with Crippen LogP contribution in [0.1, 0.15) is 23.5 Å². The van der Waals surface area contributed by atoms with Crippen LogP contribution in [0.25, 0.3) is 5.69 Å². The molecule has 5 rings (SSSR count). The van der Waals surface area contributed by atoms with Crippen LogP contribution in [0.2, 0.25) is 0 Å². The average Bonchev–Trinajstić information content (AvgIpc) is 3.52. The fourth-order valence-electron chi connectivity index (χ4n) is 4.66. The highest BCUT2D eigenvalue weighted by Gasteiger charge is 2.42. The molecule has 2 aromatic heterocycles. The number of nitro groups is 1. The molecule has 1 aliphatic rings. The average molecular weight is 565 g/mol. The summed E-state index contributed by atoms with van der Waals surface area (Å²) in [4.78, 5) is 17.2. The number of hydrogen-bond donors (Lipinski definition) is 2. The molecule has 0 saturated carbocycles. The second-order valence-electron chi connectivity index (χ2n) is 8.83. The molecule has 1 saturated heterocycles. The van der Waals surface area contributed by atoms with E-state index in [9.17, 15) is 18.5 Å². The molecule has 0 radical (unpaired) electrons. The minimum Gasteiger partial charge on any atom is -0.495 e. The lowest BCUT2D eigenvalue weighted by atomic mass is 10.0. The number of aromatic nitrogens is 2. The van der Waals surface area contributed by atoms with E-state index in [1.165, 1.54) is 19.2 Å². The van der Waals surface area contributed by atoms with Crippen LogP contribution in [0.5, 0.6) is 5.75 Å².